The first-order chi connectivity index (χ1) is 26.9. The van der Waals surface area contributed by atoms with Gasteiger partial charge >= 0.3 is 6.01 Å². The second-order valence-corrected chi connectivity index (χ2v) is 23.0. The molecule has 1 N–H and O–H groups in total. The minimum absolute atomic E-state index is 0.0573. The normalized spacial score (nSPS) is 18.5. The predicted molar refractivity (Wildman–Crippen MR) is 222 cm³/mol. The topological polar surface area (TPSA) is 89.4 Å². The molecule has 1 aliphatic heterocycles. The summed E-state index contributed by atoms with van der Waals surface area (Å²) in [5.74, 6) is 1.25. The van der Waals surface area contributed by atoms with Gasteiger partial charge in [-0.25, -0.2) is 13.2 Å². The van der Waals surface area contributed by atoms with Crippen LogP contribution in [0.4, 0.5) is 19.0 Å². The Kier molecular flexibility index (Phi) is 12.5. The number of halogens is 3. The molecule has 1 atom stereocenters. The number of aromatic nitrogens is 2. The summed E-state index contributed by atoms with van der Waals surface area (Å²) < 4.78 is 73.7. The lowest BCUT2D eigenvalue weighted by molar-refractivity contribution is -0.0123. The Bertz CT molecular complexity index is 2160. The summed E-state index contributed by atoms with van der Waals surface area (Å²) in [7, 11) is 3.12. The average molecular weight is 807 g/mol. The van der Waals surface area contributed by atoms with Gasteiger partial charge in [-0.15, -0.1) is 5.54 Å². The zero-order valence-corrected chi connectivity index (χ0v) is 36.0. The fraction of sp³-hybridized carbons (Fsp3) is 0.545. The molecule has 4 aromatic rings. The second-order valence-electron chi connectivity index (χ2n) is 17.5. The molecule has 1 aliphatic carbocycles. The molecule has 2 fully saturated rings. The van der Waals surface area contributed by atoms with Crippen LogP contribution in [0, 0.1) is 34.3 Å². The van der Waals surface area contributed by atoms with Crippen molar-refractivity contribution in [1.29, 1.82) is 0 Å². The first kappa shape index (κ1) is 42.7. The van der Waals surface area contributed by atoms with E-state index in [2.05, 4.69) is 62.9 Å². The summed E-state index contributed by atoms with van der Waals surface area (Å²) in [5.41, 5.74) is 2.60. The number of ether oxygens (including phenoxy) is 4. The minimum atomic E-state index is -2.36. The van der Waals surface area contributed by atoms with Crippen LogP contribution in [0.5, 0.6) is 11.8 Å². The Morgan fingerprint density at radius 1 is 0.982 bits per heavy atom. The molecule has 1 saturated carbocycles. The van der Waals surface area contributed by atoms with Gasteiger partial charge in [0.05, 0.1) is 37.5 Å². The highest BCUT2D eigenvalue weighted by Gasteiger charge is 2.44. The number of β-amino-alcohol motifs (C(OH)–C–C–N with tert-alkyl or cyclic N) is 1. The van der Waals surface area contributed by atoms with Gasteiger partial charge in [0.25, 0.3) is 0 Å². The summed E-state index contributed by atoms with van der Waals surface area (Å²) in [6.07, 6.45) is 1.93. The highest BCUT2D eigenvalue weighted by molar-refractivity contribution is 6.90. The van der Waals surface area contributed by atoms with Crippen molar-refractivity contribution in [3.05, 3.63) is 53.3 Å². The molecule has 3 aromatic carbocycles. The summed E-state index contributed by atoms with van der Waals surface area (Å²) in [6.45, 7) is 16.4. The van der Waals surface area contributed by atoms with Gasteiger partial charge in [-0.3, -0.25) is 0 Å². The van der Waals surface area contributed by atoms with Gasteiger partial charge in [-0.05, 0) is 80.1 Å². The summed E-state index contributed by atoms with van der Waals surface area (Å²) in [6, 6.07) is 7.22. The fourth-order valence-electron chi connectivity index (χ4n) is 8.86. The van der Waals surface area contributed by atoms with Gasteiger partial charge in [0.1, 0.15) is 42.4 Å². The molecular weight excluding hydrogens is 750 g/mol. The lowest BCUT2D eigenvalue weighted by atomic mass is 9.92. The van der Waals surface area contributed by atoms with Crippen LogP contribution in [0.1, 0.15) is 66.9 Å². The monoisotopic (exact) mass is 806 g/mol. The van der Waals surface area contributed by atoms with Gasteiger partial charge in [0.15, 0.2) is 12.6 Å². The van der Waals surface area contributed by atoms with E-state index in [-0.39, 0.29) is 93.6 Å². The van der Waals surface area contributed by atoms with E-state index < -0.39 is 36.7 Å². The van der Waals surface area contributed by atoms with Gasteiger partial charge in [-0.1, -0.05) is 53.5 Å². The van der Waals surface area contributed by atoms with Crippen molar-refractivity contribution in [3.8, 4) is 34.4 Å². The minimum Gasteiger partial charge on any atom is -0.468 e. The molecular formula is C44H57F3N4O5Si. The van der Waals surface area contributed by atoms with E-state index in [1.165, 1.54) is 25.3 Å². The SMILES string of the molecule is COCOc1cc(-c2c(F)cc3c(N4CCOCC(C)(O)C4)nc(OCC4(CN(C)C)CC4)nc3c2F)c2c(C#C[Si](C(C)C)(C(C)C)C(C)C)c(F)ccc2c1. The Balaban J connectivity index is 1.62. The standard InChI is InChI=1S/C44H57F3N4O5Si/c1-27(2)57(28(3)4,29(5)6)18-13-32-35(45)12-11-30-19-31(56-26-53-10)20-33(37(30)32)38-36(46)21-34-40(39(38)47)48-42(55-25-44(14-15-44)23-50(8)9)49-41(34)51-16-17-54-24-43(7,52)22-51/h11-12,19-21,27-29,52H,14-17,22-26H2,1-10H3. The van der Waals surface area contributed by atoms with Crippen LogP contribution in [0.2, 0.25) is 16.6 Å². The second kappa shape index (κ2) is 16.7. The number of anilines is 1. The van der Waals surface area contributed by atoms with Gasteiger partial charge in [0.2, 0.25) is 0 Å². The molecule has 1 unspecified atom stereocenters. The first-order valence-corrected chi connectivity index (χ1v) is 22.1. The van der Waals surface area contributed by atoms with E-state index in [1.807, 2.05) is 14.1 Å². The lowest BCUT2D eigenvalue weighted by Gasteiger charge is -2.38. The zero-order valence-electron chi connectivity index (χ0n) is 35.0. The van der Waals surface area contributed by atoms with Crippen molar-refractivity contribution in [2.24, 2.45) is 5.41 Å². The number of hydrogen-bond donors (Lipinski definition) is 1. The molecule has 6 rings (SSSR count). The van der Waals surface area contributed by atoms with Crippen LogP contribution in [0.3, 0.4) is 0 Å². The Morgan fingerprint density at radius 3 is 2.32 bits per heavy atom. The number of benzene rings is 3. The average Bonchev–Trinajstić information content (AvgIpc) is 3.92. The molecule has 308 valence electrons. The van der Waals surface area contributed by atoms with E-state index in [0.29, 0.717) is 18.5 Å². The van der Waals surface area contributed by atoms with E-state index >= 15 is 13.2 Å². The molecule has 13 heteroatoms. The zero-order chi connectivity index (χ0) is 41.4. The van der Waals surface area contributed by atoms with Crippen molar-refractivity contribution in [3.63, 3.8) is 0 Å². The maximum Gasteiger partial charge on any atom is 0.319 e. The molecule has 2 heterocycles. The Hall–Kier alpha value is -3.93. The van der Waals surface area contributed by atoms with Gasteiger partial charge in [0, 0.05) is 42.0 Å². The lowest BCUT2D eigenvalue weighted by Crippen LogP contribution is -2.43. The molecule has 1 aromatic heterocycles. The molecule has 57 heavy (non-hydrogen) atoms. The van der Waals surface area contributed by atoms with Crippen molar-refractivity contribution < 1.29 is 37.2 Å². The summed E-state index contributed by atoms with van der Waals surface area (Å²) in [5, 5.41) is 11.9. The van der Waals surface area contributed by atoms with Crippen molar-refractivity contribution >= 4 is 35.6 Å². The molecule has 0 radical (unpaired) electrons. The van der Waals surface area contributed by atoms with E-state index in [1.54, 1.807) is 24.0 Å². The number of aliphatic hydroxyl groups is 1. The van der Waals surface area contributed by atoms with Crippen molar-refractivity contribution in [2.75, 3.05) is 72.4 Å². The number of fused-ring (bicyclic) bond motifs is 2. The quantitative estimate of drug-likeness (QED) is 0.0810. The highest BCUT2D eigenvalue weighted by Crippen LogP contribution is 2.47. The fourth-order valence-corrected chi connectivity index (χ4v) is 14.1. The first-order valence-electron chi connectivity index (χ1n) is 19.9. The number of hydrogen-bond acceptors (Lipinski definition) is 9. The highest BCUT2D eigenvalue weighted by atomic mass is 28.3. The van der Waals surface area contributed by atoms with E-state index in [9.17, 15) is 5.11 Å². The van der Waals surface area contributed by atoms with Crippen LogP contribution in [-0.2, 0) is 9.47 Å². The molecule has 1 saturated heterocycles. The smallest absolute Gasteiger partial charge is 0.319 e. The Morgan fingerprint density at radius 2 is 1.68 bits per heavy atom. The number of nitrogens with zero attached hydrogens (tertiary/aromatic N) is 4. The summed E-state index contributed by atoms with van der Waals surface area (Å²) >= 11 is 0. The molecule has 0 amide bonds. The van der Waals surface area contributed by atoms with Gasteiger partial charge in [-0.2, -0.15) is 9.97 Å². The van der Waals surface area contributed by atoms with Crippen LogP contribution in [0.25, 0.3) is 32.8 Å². The van der Waals surface area contributed by atoms with Crippen LogP contribution in [-0.4, -0.2) is 101 Å². The van der Waals surface area contributed by atoms with Crippen LogP contribution >= 0.6 is 0 Å². The third-order valence-corrected chi connectivity index (χ3v) is 17.9. The van der Waals surface area contributed by atoms with E-state index in [0.717, 1.165) is 19.4 Å². The maximum atomic E-state index is 17.6. The maximum absolute atomic E-state index is 17.6. The van der Waals surface area contributed by atoms with Crippen molar-refractivity contribution in [2.45, 2.75) is 83.5 Å². The Labute approximate surface area is 335 Å². The largest absolute Gasteiger partial charge is 0.468 e. The molecule has 0 bridgehead atoms. The summed E-state index contributed by atoms with van der Waals surface area (Å²) in [4.78, 5) is 13.2. The third-order valence-electron chi connectivity index (χ3n) is 11.6. The molecule has 2 aliphatic rings. The number of rotatable bonds is 13. The molecule has 0 spiro atoms. The van der Waals surface area contributed by atoms with Crippen molar-refractivity contribution in [1.82, 2.24) is 14.9 Å². The van der Waals surface area contributed by atoms with Crippen LogP contribution < -0.4 is 14.4 Å². The van der Waals surface area contributed by atoms with Gasteiger partial charge < -0.3 is 33.9 Å². The van der Waals surface area contributed by atoms with Crippen LogP contribution in [0.15, 0.2) is 30.3 Å². The third kappa shape index (κ3) is 8.76. The van der Waals surface area contributed by atoms with E-state index in [4.69, 9.17) is 23.9 Å². The predicted octanol–water partition coefficient (Wildman–Crippen LogP) is 8.73. The molecule has 9 nitrogen and oxygen atoms in total. The number of methoxy groups -OCH3 is 1.